The van der Waals surface area contributed by atoms with Gasteiger partial charge >= 0.3 is 0 Å². The Kier molecular flexibility index (Phi) is 5.42. The van der Waals surface area contributed by atoms with E-state index in [9.17, 15) is 14.0 Å². The van der Waals surface area contributed by atoms with E-state index in [2.05, 4.69) is 0 Å². The zero-order valence-corrected chi connectivity index (χ0v) is 14.7. The predicted molar refractivity (Wildman–Crippen MR) is 95.9 cm³/mol. The molecule has 26 heavy (non-hydrogen) atoms. The van der Waals surface area contributed by atoms with E-state index in [1.807, 2.05) is 0 Å². The Morgan fingerprint density at radius 2 is 1.69 bits per heavy atom. The van der Waals surface area contributed by atoms with E-state index in [1.54, 1.807) is 17.0 Å². The molecule has 3 rings (SSSR count). The molecule has 2 N–H and O–H groups in total. The molecule has 0 spiro atoms. The molecule has 0 saturated carbocycles. The fourth-order valence-electron chi connectivity index (χ4n) is 2.88. The number of nitrogens with zero attached hydrogens (tertiary/aromatic N) is 1. The van der Waals surface area contributed by atoms with Crippen molar-refractivity contribution in [1.29, 1.82) is 0 Å². The summed E-state index contributed by atoms with van der Waals surface area (Å²) in [6.07, 6.45) is 1.23. The van der Waals surface area contributed by atoms with E-state index in [1.165, 1.54) is 30.3 Å². The molecule has 5 nitrogen and oxygen atoms in total. The van der Waals surface area contributed by atoms with Gasteiger partial charge in [-0.15, -0.1) is 0 Å². The van der Waals surface area contributed by atoms with Crippen LogP contribution in [0.2, 0.25) is 5.02 Å². The van der Waals surface area contributed by atoms with Gasteiger partial charge in [-0.3, -0.25) is 9.59 Å². The third kappa shape index (κ3) is 4.14. The molecule has 7 heteroatoms. The van der Waals surface area contributed by atoms with Crippen LogP contribution in [0.25, 0.3) is 0 Å². The van der Waals surface area contributed by atoms with Crippen molar-refractivity contribution in [3.05, 3.63) is 64.4 Å². The first-order chi connectivity index (χ1) is 12.4. The van der Waals surface area contributed by atoms with Crippen molar-refractivity contribution in [3.63, 3.8) is 0 Å². The van der Waals surface area contributed by atoms with Gasteiger partial charge in [0.05, 0.1) is 5.02 Å². The van der Waals surface area contributed by atoms with Crippen LogP contribution in [0.3, 0.4) is 0 Å². The Morgan fingerprint density at radius 1 is 1.08 bits per heavy atom. The summed E-state index contributed by atoms with van der Waals surface area (Å²) in [4.78, 5) is 25.3. The van der Waals surface area contributed by atoms with Crippen molar-refractivity contribution >= 4 is 23.4 Å². The molecule has 1 saturated heterocycles. The minimum absolute atomic E-state index is 0.0794. The maximum absolute atomic E-state index is 13.0. The van der Waals surface area contributed by atoms with Gasteiger partial charge < -0.3 is 15.4 Å². The number of amides is 2. The number of halogens is 2. The Hall–Kier alpha value is -2.60. The van der Waals surface area contributed by atoms with Crippen LogP contribution in [0.4, 0.5) is 4.39 Å². The van der Waals surface area contributed by atoms with Gasteiger partial charge in [-0.1, -0.05) is 11.6 Å². The summed E-state index contributed by atoms with van der Waals surface area (Å²) in [6.45, 7) is 1.08. The van der Waals surface area contributed by atoms with Gasteiger partial charge in [0.1, 0.15) is 17.7 Å². The van der Waals surface area contributed by atoms with Crippen molar-refractivity contribution in [3.8, 4) is 5.75 Å². The zero-order valence-electron chi connectivity index (χ0n) is 14.0. The molecule has 1 heterocycles. The predicted octanol–water partition coefficient (Wildman–Crippen LogP) is 3.26. The summed E-state index contributed by atoms with van der Waals surface area (Å²) in [7, 11) is 0. The second-order valence-electron chi connectivity index (χ2n) is 6.13. The number of ether oxygens (including phenoxy) is 1. The highest BCUT2D eigenvalue weighted by Gasteiger charge is 2.25. The van der Waals surface area contributed by atoms with Crippen LogP contribution in [0, 0.1) is 5.82 Å². The van der Waals surface area contributed by atoms with E-state index in [-0.39, 0.29) is 17.8 Å². The molecule has 2 aromatic rings. The summed E-state index contributed by atoms with van der Waals surface area (Å²) in [5.74, 6) is -0.550. The third-order valence-corrected chi connectivity index (χ3v) is 4.63. The van der Waals surface area contributed by atoms with Gasteiger partial charge in [0.2, 0.25) is 5.91 Å². The highest BCUT2D eigenvalue weighted by atomic mass is 35.5. The molecule has 0 radical (unpaired) electrons. The minimum Gasteiger partial charge on any atom is -0.489 e. The fourth-order valence-corrected chi connectivity index (χ4v) is 3.11. The molecule has 1 fully saturated rings. The van der Waals surface area contributed by atoms with Crippen LogP contribution < -0.4 is 10.5 Å². The molecule has 0 atom stereocenters. The molecule has 2 aromatic carbocycles. The lowest BCUT2D eigenvalue weighted by atomic mass is 10.1. The molecule has 0 bridgehead atoms. The van der Waals surface area contributed by atoms with Crippen molar-refractivity contribution < 1.29 is 18.7 Å². The van der Waals surface area contributed by atoms with E-state index in [0.29, 0.717) is 47.8 Å². The molecule has 1 aliphatic rings. The van der Waals surface area contributed by atoms with E-state index in [4.69, 9.17) is 22.1 Å². The Labute approximate surface area is 155 Å². The van der Waals surface area contributed by atoms with Crippen LogP contribution >= 0.6 is 11.6 Å². The van der Waals surface area contributed by atoms with Crippen molar-refractivity contribution in [2.24, 2.45) is 5.73 Å². The highest BCUT2D eigenvalue weighted by molar-refractivity contribution is 6.32. The van der Waals surface area contributed by atoms with Gasteiger partial charge in [0.15, 0.2) is 0 Å². The summed E-state index contributed by atoms with van der Waals surface area (Å²) in [6, 6.07) is 10.2. The molecule has 1 aliphatic heterocycles. The number of carbonyl (C=O) groups excluding carboxylic acids is 2. The van der Waals surface area contributed by atoms with Gasteiger partial charge in [-0.05, 0) is 42.5 Å². The van der Waals surface area contributed by atoms with Gasteiger partial charge in [-0.25, -0.2) is 4.39 Å². The van der Waals surface area contributed by atoms with Gasteiger partial charge in [0, 0.05) is 37.1 Å². The van der Waals surface area contributed by atoms with Crippen molar-refractivity contribution in [2.75, 3.05) is 13.1 Å². The topological polar surface area (TPSA) is 72.6 Å². The number of rotatable bonds is 4. The largest absolute Gasteiger partial charge is 0.489 e. The fraction of sp³-hybridized carbons (Fsp3) is 0.263. The summed E-state index contributed by atoms with van der Waals surface area (Å²) < 4.78 is 18.9. The third-order valence-electron chi connectivity index (χ3n) is 4.33. The van der Waals surface area contributed by atoms with Crippen LogP contribution in [0.15, 0.2) is 42.5 Å². The zero-order chi connectivity index (χ0) is 18.7. The van der Waals surface area contributed by atoms with Crippen molar-refractivity contribution in [2.45, 2.75) is 18.9 Å². The molecule has 0 aromatic heterocycles. The number of hydrogen-bond donors (Lipinski definition) is 1. The summed E-state index contributed by atoms with van der Waals surface area (Å²) in [5.41, 5.74) is 6.01. The molecule has 0 unspecified atom stereocenters. The monoisotopic (exact) mass is 376 g/mol. The SMILES string of the molecule is NC(=O)c1ccc(OC2CCN(C(=O)c3ccc(F)cc3)CC2)c(Cl)c1. The molecular weight excluding hydrogens is 359 g/mol. The van der Waals surface area contributed by atoms with Gasteiger partial charge in [-0.2, -0.15) is 0 Å². The summed E-state index contributed by atoms with van der Waals surface area (Å²) in [5, 5.41) is 0.325. The van der Waals surface area contributed by atoms with E-state index in [0.717, 1.165) is 0 Å². The standard InChI is InChI=1S/C19H18ClFN2O3/c20-16-11-13(18(22)24)3-6-17(16)26-15-7-9-23(10-8-15)19(25)12-1-4-14(21)5-2-12/h1-6,11,15H,7-10H2,(H2,22,24). The second-order valence-corrected chi connectivity index (χ2v) is 6.53. The number of hydrogen-bond acceptors (Lipinski definition) is 3. The van der Waals surface area contributed by atoms with Crippen LogP contribution in [0.1, 0.15) is 33.6 Å². The molecule has 136 valence electrons. The lowest BCUT2D eigenvalue weighted by Crippen LogP contribution is -2.41. The van der Waals surface area contributed by atoms with Crippen LogP contribution in [-0.4, -0.2) is 35.9 Å². The van der Waals surface area contributed by atoms with E-state index >= 15 is 0 Å². The molecule has 0 aliphatic carbocycles. The van der Waals surface area contributed by atoms with Gasteiger partial charge in [0.25, 0.3) is 5.91 Å². The maximum atomic E-state index is 13.0. The number of likely N-dealkylation sites (tertiary alicyclic amines) is 1. The quantitative estimate of drug-likeness (QED) is 0.890. The number of benzene rings is 2. The lowest BCUT2D eigenvalue weighted by Gasteiger charge is -2.32. The number of carbonyl (C=O) groups is 2. The Balaban J connectivity index is 1.58. The number of piperidine rings is 1. The first-order valence-electron chi connectivity index (χ1n) is 8.25. The maximum Gasteiger partial charge on any atom is 0.253 e. The minimum atomic E-state index is -0.550. The van der Waals surface area contributed by atoms with E-state index < -0.39 is 5.91 Å². The molecule has 2 amide bonds. The normalized spacial score (nSPS) is 14.9. The van der Waals surface area contributed by atoms with Crippen molar-refractivity contribution in [1.82, 2.24) is 4.90 Å². The smallest absolute Gasteiger partial charge is 0.253 e. The average Bonchev–Trinajstić information content (AvgIpc) is 2.64. The van der Waals surface area contributed by atoms with Crippen LogP contribution in [-0.2, 0) is 0 Å². The highest BCUT2D eigenvalue weighted by Crippen LogP contribution is 2.28. The second kappa shape index (κ2) is 7.74. The first-order valence-corrected chi connectivity index (χ1v) is 8.62. The number of primary amides is 1. The number of nitrogens with two attached hydrogens (primary N) is 1. The molecular formula is C19H18ClFN2O3. The lowest BCUT2D eigenvalue weighted by molar-refractivity contribution is 0.0595. The van der Waals surface area contributed by atoms with Crippen LogP contribution in [0.5, 0.6) is 5.75 Å². The first kappa shape index (κ1) is 18.2. The average molecular weight is 377 g/mol. The Bertz CT molecular complexity index is 818. The Morgan fingerprint density at radius 3 is 2.27 bits per heavy atom. The summed E-state index contributed by atoms with van der Waals surface area (Å²) >= 11 is 6.14.